The fourth-order valence-corrected chi connectivity index (χ4v) is 5.32. The molecule has 0 radical (unpaired) electrons. The second-order valence-electron chi connectivity index (χ2n) is 8.49. The molecule has 0 spiro atoms. The summed E-state index contributed by atoms with van der Waals surface area (Å²) in [5.74, 6) is 0.626. The Hall–Kier alpha value is -3.67. The van der Waals surface area contributed by atoms with Crippen molar-refractivity contribution in [2.45, 2.75) is 5.41 Å². The Balaban J connectivity index is 1.87. The van der Waals surface area contributed by atoms with Crippen LogP contribution in [-0.2, 0) is 14.9 Å². The minimum Gasteiger partial charge on any atom is -0.462 e. The van der Waals surface area contributed by atoms with Crippen LogP contribution in [-0.4, -0.2) is 45.4 Å². The van der Waals surface area contributed by atoms with Gasteiger partial charge in [0.05, 0.1) is 10.9 Å². The van der Waals surface area contributed by atoms with Crippen LogP contribution in [0.25, 0.3) is 10.9 Å². The lowest BCUT2D eigenvalue weighted by molar-refractivity contribution is -0.135. The van der Waals surface area contributed by atoms with E-state index in [9.17, 15) is 4.79 Å². The Morgan fingerprint density at radius 3 is 2.53 bits per heavy atom. The van der Waals surface area contributed by atoms with Gasteiger partial charge in [-0.25, -0.2) is 9.47 Å². The molecule has 2 aromatic carbocycles. The highest BCUT2D eigenvalue weighted by atomic mass is 16.5. The van der Waals surface area contributed by atoms with Crippen molar-refractivity contribution in [3.05, 3.63) is 83.5 Å². The predicted octanol–water partition coefficient (Wildman–Crippen LogP) is 3.88. The van der Waals surface area contributed by atoms with E-state index in [-0.39, 0.29) is 11.9 Å². The lowest BCUT2D eigenvalue weighted by atomic mass is 9.62. The summed E-state index contributed by atoms with van der Waals surface area (Å²) in [6.07, 6.45) is 6.14. The summed E-state index contributed by atoms with van der Waals surface area (Å²) in [4.78, 5) is 14.7. The fraction of sp³-hybridized carbons (Fsp3) is 0.269. The summed E-state index contributed by atoms with van der Waals surface area (Å²) in [7, 11) is 7.93. The monoisotopic (exact) mass is 428 g/mol. The predicted molar refractivity (Wildman–Crippen MR) is 130 cm³/mol. The van der Waals surface area contributed by atoms with E-state index in [1.165, 1.54) is 0 Å². The maximum atomic E-state index is 12.6. The molecular weight excluding hydrogens is 400 g/mol. The van der Waals surface area contributed by atoms with E-state index in [1.807, 2.05) is 46.4 Å². The molecule has 6 heteroatoms. The van der Waals surface area contributed by atoms with Crippen molar-refractivity contribution in [3.8, 4) is 0 Å². The minimum absolute atomic E-state index is 0.117. The Morgan fingerprint density at radius 2 is 1.84 bits per heavy atom. The van der Waals surface area contributed by atoms with Crippen molar-refractivity contribution in [2.75, 3.05) is 50.4 Å². The zero-order valence-corrected chi connectivity index (χ0v) is 18.8. The number of nitrogens with one attached hydrogen (secondary N) is 2. The number of nitrogens with zero attached hydrogens (tertiary/aromatic N) is 2. The van der Waals surface area contributed by atoms with Gasteiger partial charge in [-0.15, -0.1) is 0 Å². The molecule has 1 aliphatic carbocycles. The van der Waals surface area contributed by atoms with Crippen molar-refractivity contribution >= 4 is 28.4 Å². The van der Waals surface area contributed by atoms with E-state index in [1.54, 1.807) is 0 Å². The number of anilines is 2. The van der Waals surface area contributed by atoms with Gasteiger partial charge in [-0.3, -0.25) is 0 Å². The van der Waals surface area contributed by atoms with E-state index in [0.29, 0.717) is 6.61 Å². The molecule has 5 rings (SSSR count). The summed E-state index contributed by atoms with van der Waals surface area (Å²) in [5.41, 5.74) is 7.95. The van der Waals surface area contributed by atoms with E-state index < -0.39 is 5.41 Å². The molecule has 164 valence electrons. The van der Waals surface area contributed by atoms with Crippen LogP contribution in [0.1, 0.15) is 11.1 Å². The highest BCUT2D eigenvalue weighted by molar-refractivity contribution is 5.96. The number of hydrogen-bond donors (Lipinski definition) is 2. The largest absolute Gasteiger partial charge is 0.462 e. The van der Waals surface area contributed by atoms with Gasteiger partial charge in [0.25, 0.3) is 0 Å². The normalized spacial score (nSPS) is 21.8. The Bertz CT molecular complexity index is 1250. The maximum absolute atomic E-state index is 12.6. The molecule has 2 atom stereocenters. The number of cyclic esters (lactones) is 1. The van der Waals surface area contributed by atoms with Crippen molar-refractivity contribution in [2.24, 2.45) is 5.92 Å². The first-order chi connectivity index (χ1) is 15.5. The second-order valence-corrected chi connectivity index (χ2v) is 8.49. The summed E-state index contributed by atoms with van der Waals surface area (Å²) in [5, 5.41) is 4.56. The average Bonchev–Trinajstić information content (AvgIpc) is 3.37. The SMILES string of the molecule is CNc1c(C2(c3ccc(N(C)C)cc3)C=CC=C3C(=O)OCC32)c2ccccc2n1NC. The molecule has 2 unspecified atom stereocenters. The summed E-state index contributed by atoms with van der Waals surface area (Å²) in [6, 6.07) is 17.0. The van der Waals surface area contributed by atoms with Crippen molar-refractivity contribution in [1.29, 1.82) is 0 Å². The van der Waals surface area contributed by atoms with Gasteiger partial charge in [-0.2, -0.15) is 0 Å². The number of ether oxygens (including phenoxy) is 1. The number of aromatic nitrogens is 1. The fourth-order valence-electron chi connectivity index (χ4n) is 5.32. The third-order valence-electron chi connectivity index (χ3n) is 6.79. The minimum atomic E-state index is -0.568. The quantitative estimate of drug-likeness (QED) is 0.604. The van der Waals surface area contributed by atoms with Crippen LogP contribution in [0.5, 0.6) is 0 Å². The van der Waals surface area contributed by atoms with E-state index >= 15 is 0 Å². The number of fused-ring (bicyclic) bond motifs is 2. The second kappa shape index (κ2) is 7.48. The Labute approximate surface area is 188 Å². The molecule has 2 heterocycles. The first-order valence-electron chi connectivity index (χ1n) is 10.9. The van der Waals surface area contributed by atoms with E-state index in [4.69, 9.17) is 4.74 Å². The van der Waals surface area contributed by atoms with Crippen LogP contribution in [0.15, 0.2) is 72.3 Å². The van der Waals surface area contributed by atoms with Gasteiger partial charge < -0.3 is 20.4 Å². The standard InChI is InChI=1S/C26H28N4O2/c1-27-24-23(20-8-5-6-10-22(20)30(24)28-2)26(17-11-13-18(14-12-17)29(3)4)15-7-9-19-21(26)16-32-25(19)31/h5-15,21,27-28H,16H2,1-4H3. The number of carbonyl (C=O) groups excluding carboxylic acids is 1. The summed E-state index contributed by atoms with van der Waals surface area (Å²) >= 11 is 0. The summed E-state index contributed by atoms with van der Waals surface area (Å²) < 4.78 is 7.65. The van der Waals surface area contributed by atoms with E-state index in [2.05, 4.69) is 68.9 Å². The van der Waals surface area contributed by atoms with Crippen LogP contribution in [0, 0.1) is 5.92 Å². The van der Waals surface area contributed by atoms with E-state index in [0.717, 1.165) is 39.1 Å². The number of allylic oxidation sites excluding steroid dienone is 3. The number of benzene rings is 2. The summed E-state index contributed by atoms with van der Waals surface area (Å²) in [6.45, 7) is 0.354. The molecule has 1 aliphatic heterocycles. The molecule has 2 N–H and O–H groups in total. The van der Waals surface area contributed by atoms with Gasteiger partial charge in [-0.1, -0.05) is 48.6 Å². The third kappa shape index (κ3) is 2.68. The zero-order valence-electron chi connectivity index (χ0n) is 18.8. The molecule has 3 aromatic rings. The number of esters is 1. The molecule has 0 saturated carbocycles. The molecule has 2 aliphatic rings. The van der Waals surface area contributed by atoms with Gasteiger partial charge in [0.1, 0.15) is 12.4 Å². The third-order valence-corrected chi connectivity index (χ3v) is 6.79. The highest BCUT2D eigenvalue weighted by Crippen LogP contribution is 2.53. The smallest absolute Gasteiger partial charge is 0.334 e. The van der Waals surface area contributed by atoms with Gasteiger partial charge >= 0.3 is 5.97 Å². The molecule has 1 aromatic heterocycles. The van der Waals surface area contributed by atoms with Crippen LogP contribution in [0.2, 0.25) is 0 Å². The topological polar surface area (TPSA) is 58.5 Å². The zero-order chi connectivity index (χ0) is 22.5. The first-order valence-corrected chi connectivity index (χ1v) is 10.9. The average molecular weight is 429 g/mol. The molecule has 0 amide bonds. The van der Waals surface area contributed by atoms with Crippen LogP contribution >= 0.6 is 0 Å². The number of hydrogen-bond acceptors (Lipinski definition) is 5. The highest BCUT2D eigenvalue weighted by Gasteiger charge is 2.51. The Kier molecular flexibility index (Phi) is 4.73. The van der Waals surface area contributed by atoms with Crippen molar-refractivity contribution in [3.63, 3.8) is 0 Å². The van der Waals surface area contributed by atoms with Gasteiger partial charge in [0, 0.05) is 56.3 Å². The maximum Gasteiger partial charge on any atom is 0.334 e. The molecule has 1 saturated heterocycles. The molecule has 0 bridgehead atoms. The van der Waals surface area contributed by atoms with Gasteiger partial charge in [0.2, 0.25) is 0 Å². The first kappa shape index (κ1) is 20.2. The van der Waals surface area contributed by atoms with Gasteiger partial charge in [0.15, 0.2) is 0 Å². The lowest BCUT2D eigenvalue weighted by Crippen LogP contribution is -2.38. The van der Waals surface area contributed by atoms with Crippen LogP contribution in [0.3, 0.4) is 0 Å². The van der Waals surface area contributed by atoms with Crippen LogP contribution < -0.4 is 15.6 Å². The number of rotatable bonds is 5. The lowest BCUT2D eigenvalue weighted by Gasteiger charge is -2.39. The molecular formula is C26H28N4O2. The molecule has 32 heavy (non-hydrogen) atoms. The molecule has 1 fully saturated rings. The van der Waals surface area contributed by atoms with Crippen LogP contribution in [0.4, 0.5) is 11.5 Å². The van der Waals surface area contributed by atoms with Crippen molar-refractivity contribution in [1.82, 2.24) is 4.68 Å². The number of carbonyl (C=O) groups is 1. The van der Waals surface area contributed by atoms with Gasteiger partial charge in [-0.05, 0) is 23.8 Å². The Morgan fingerprint density at radius 1 is 1.09 bits per heavy atom. The van der Waals surface area contributed by atoms with Crippen molar-refractivity contribution < 1.29 is 9.53 Å². The molecule has 6 nitrogen and oxygen atoms in total. The number of para-hydroxylation sites is 1.